The maximum absolute atomic E-state index is 11.0. The summed E-state index contributed by atoms with van der Waals surface area (Å²) in [5.74, 6) is 0.849. The molecule has 0 aliphatic rings. The molecule has 1 heterocycles. The maximum atomic E-state index is 11.0. The summed E-state index contributed by atoms with van der Waals surface area (Å²) in [5, 5.41) is 30.9. The number of aromatic nitrogens is 2. The Kier molecular flexibility index (Phi) is 8.56. The first kappa shape index (κ1) is 24.4. The summed E-state index contributed by atoms with van der Waals surface area (Å²) in [6.45, 7) is 3.21. The van der Waals surface area contributed by atoms with Crippen LogP contribution in [0.5, 0.6) is 5.75 Å². The van der Waals surface area contributed by atoms with Crippen LogP contribution in [0.25, 0.3) is 11.0 Å². The third-order valence-electron chi connectivity index (χ3n) is 5.52. The van der Waals surface area contributed by atoms with Crippen LogP contribution < -0.4 is 15.8 Å². The lowest BCUT2D eigenvalue weighted by Gasteiger charge is -2.21. The fourth-order valence-electron chi connectivity index (χ4n) is 3.40. The van der Waals surface area contributed by atoms with E-state index in [1.165, 1.54) is 11.6 Å². The zero-order valence-corrected chi connectivity index (χ0v) is 18.8. The molecule has 178 valence electrons. The molecular weight excluding hydrogens is 426 g/mol. The normalized spacial score (nSPS) is 13.1. The first-order valence-corrected chi connectivity index (χ1v) is 11.1. The Balaban J connectivity index is 1.30. The smallest absolute Gasteiger partial charge is 0.300 e. The lowest BCUT2D eigenvalue weighted by atomic mass is 9.95. The predicted octanol–water partition coefficient (Wildman–Crippen LogP) is 3.82. The van der Waals surface area contributed by atoms with Crippen LogP contribution in [-0.2, 0) is 6.42 Å². The Bertz CT molecular complexity index is 1040. The number of nitrogens with two attached hydrogens (primary N) is 1. The number of rotatable bonds is 14. The number of hydrogen-bond acceptors (Lipinski definition) is 9. The van der Waals surface area contributed by atoms with Gasteiger partial charge in [-0.15, -0.1) is 0 Å². The first-order valence-electron chi connectivity index (χ1n) is 11.1. The largest absolute Gasteiger partial charge is 0.494 e. The van der Waals surface area contributed by atoms with Gasteiger partial charge in [-0.25, -0.2) is 4.63 Å². The molecule has 1 atom stereocenters. The third kappa shape index (κ3) is 7.13. The minimum atomic E-state index is -0.549. The van der Waals surface area contributed by atoms with Crippen molar-refractivity contribution in [2.45, 2.75) is 51.0 Å². The molecule has 10 heteroatoms. The van der Waals surface area contributed by atoms with Gasteiger partial charge in [-0.1, -0.05) is 25.0 Å². The number of aliphatic hydroxyl groups excluding tert-OH is 1. The van der Waals surface area contributed by atoms with Crippen molar-refractivity contribution in [3.63, 3.8) is 0 Å². The van der Waals surface area contributed by atoms with Crippen LogP contribution in [0, 0.1) is 10.1 Å². The van der Waals surface area contributed by atoms with Gasteiger partial charge in [-0.3, -0.25) is 10.1 Å². The van der Waals surface area contributed by atoms with Gasteiger partial charge in [0.1, 0.15) is 5.75 Å². The van der Waals surface area contributed by atoms with Crippen molar-refractivity contribution in [1.29, 1.82) is 0 Å². The number of anilines is 1. The molecule has 0 fully saturated rings. The Hall–Kier alpha value is -3.24. The van der Waals surface area contributed by atoms with Crippen LogP contribution in [0.2, 0.25) is 0 Å². The summed E-state index contributed by atoms with van der Waals surface area (Å²) in [7, 11) is 0. The fourth-order valence-corrected chi connectivity index (χ4v) is 3.40. The molecule has 0 amide bonds. The second-order valence-corrected chi connectivity index (χ2v) is 8.50. The maximum Gasteiger partial charge on any atom is 0.300 e. The van der Waals surface area contributed by atoms with E-state index in [0.717, 1.165) is 50.8 Å². The highest BCUT2D eigenvalue weighted by Crippen LogP contribution is 2.28. The molecule has 3 aromatic rings. The highest BCUT2D eigenvalue weighted by molar-refractivity contribution is 5.93. The van der Waals surface area contributed by atoms with Crippen molar-refractivity contribution in [3.05, 3.63) is 52.1 Å². The molecule has 0 radical (unpaired) electrons. The van der Waals surface area contributed by atoms with E-state index in [0.29, 0.717) is 17.8 Å². The second-order valence-electron chi connectivity index (χ2n) is 8.50. The van der Waals surface area contributed by atoms with E-state index < -0.39 is 10.5 Å². The minimum absolute atomic E-state index is 0.0236. The van der Waals surface area contributed by atoms with E-state index in [-0.39, 0.29) is 17.8 Å². The number of nitro groups is 1. The van der Waals surface area contributed by atoms with Crippen LogP contribution in [0.1, 0.15) is 44.6 Å². The summed E-state index contributed by atoms with van der Waals surface area (Å²) < 4.78 is 10.5. The highest BCUT2D eigenvalue weighted by atomic mass is 16.6. The SMILES string of the molecule is C[C@](N)(CO)CCc1ccc(OCCCCCCNc2ccc([N+](=O)[O-])c3nonc23)cc1. The summed E-state index contributed by atoms with van der Waals surface area (Å²) in [6, 6.07) is 11.0. The number of non-ortho nitro benzene ring substituents is 1. The van der Waals surface area contributed by atoms with Crippen LogP contribution in [-0.4, -0.2) is 45.6 Å². The van der Waals surface area contributed by atoms with Crippen molar-refractivity contribution in [2.75, 3.05) is 25.1 Å². The van der Waals surface area contributed by atoms with E-state index in [2.05, 4.69) is 20.3 Å². The van der Waals surface area contributed by atoms with E-state index in [9.17, 15) is 15.2 Å². The average Bonchev–Trinajstić information content (AvgIpc) is 3.30. The van der Waals surface area contributed by atoms with E-state index >= 15 is 0 Å². The van der Waals surface area contributed by atoms with Crippen molar-refractivity contribution in [2.24, 2.45) is 5.73 Å². The van der Waals surface area contributed by atoms with Gasteiger partial charge in [0, 0.05) is 18.2 Å². The number of ether oxygens (including phenoxy) is 1. The molecule has 33 heavy (non-hydrogen) atoms. The van der Waals surface area contributed by atoms with E-state index in [1.54, 1.807) is 6.07 Å². The van der Waals surface area contributed by atoms with Crippen molar-refractivity contribution < 1.29 is 19.4 Å². The zero-order chi connectivity index (χ0) is 23.7. The Morgan fingerprint density at radius 2 is 1.85 bits per heavy atom. The van der Waals surface area contributed by atoms with Crippen molar-refractivity contribution >= 4 is 22.4 Å². The van der Waals surface area contributed by atoms with Crippen molar-refractivity contribution in [3.8, 4) is 5.75 Å². The van der Waals surface area contributed by atoms with Gasteiger partial charge in [0.2, 0.25) is 5.52 Å². The Morgan fingerprint density at radius 1 is 1.12 bits per heavy atom. The molecular formula is C23H31N5O5. The Labute approximate surface area is 192 Å². The van der Waals surface area contributed by atoms with Gasteiger partial charge in [-0.05, 0) is 66.7 Å². The monoisotopic (exact) mass is 457 g/mol. The van der Waals surface area contributed by atoms with Gasteiger partial charge in [0.05, 0.1) is 23.8 Å². The molecule has 0 aliphatic carbocycles. The number of nitrogens with zero attached hydrogens (tertiary/aromatic N) is 3. The number of unbranched alkanes of at least 4 members (excludes halogenated alkanes) is 3. The molecule has 0 saturated heterocycles. The molecule has 1 aromatic heterocycles. The van der Waals surface area contributed by atoms with Crippen molar-refractivity contribution in [1.82, 2.24) is 10.3 Å². The van der Waals surface area contributed by atoms with Gasteiger partial charge >= 0.3 is 5.69 Å². The molecule has 0 saturated carbocycles. The Morgan fingerprint density at radius 3 is 2.58 bits per heavy atom. The zero-order valence-electron chi connectivity index (χ0n) is 18.8. The van der Waals surface area contributed by atoms with Gasteiger partial charge < -0.3 is 20.9 Å². The molecule has 10 nitrogen and oxygen atoms in total. The number of aliphatic hydroxyl groups is 1. The summed E-state index contributed by atoms with van der Waals surface area (Å²) in [4.78, 5) is 10.5. The average molecular weight is 458 g/mol. The minimum Gasteiger partial charge on any atom is -0.494 e. The highest BCUT2D eigenvalue weighted by Gasteiger charge is 2.19. The molecule has 4 N–H and O–H groups in total. The quantitative estimate of drug-likeness (QED) is 0.186. The van der Waals surface area contributed by atoms with Gasteiger partial charge in [0.15, 0.2) is 5.52 Å². The summed E-state index contributed by atoms with van der Waals surface area (Å²) in [6.07, 6.45) is 5.52. The number of benzene rings is 2. The van der Waals surface area contributed by atoms with E-state index in [1.807, 2.05) is 31.2 Å². The second kappa shape index (κ2) is 11.6. The van der Waals surface area contributed by atoms with Crippen LogP contribution in [0.15, 0.2) is 41.0 Å². The molecule has 2 aromatic carbocycles. The summed E-state index contributed by atoms with van der Waals surface area (Å²) >= 11 is 0. The number of nitro benzene ring substituents is 1. The number of hydrogen-bond donors (Lipinski definition) is 3. The molecule has 0 bridgehead atoms. The standard InChI is InChI=1S/C23H31N5O5/c1-23(24,16-29)13-12-17-6-8-18(9-7-17)32-15-5-3-2-4-14-25-19-10-11-20(28(30)31)22-21(19)26-33-27-22/h6-11,25,29H,2-5,12-16,24H2,1H3/t23-/m1/s1. The molecule has 0 unspecified atom stereocenters. The molecule has 0 spiro atoms. The van der Waals surface area contributed by atoms with E-state index in [4.69, 9.17) is 10.5 Å². The number of nitrogens with one attached hydrogen (secondary N) is 1. The van der Waals surface area contributed by atoms with Gasteiger partial charge in [0.25, 0.3) is 0 Å². The predicted molar refractivity (Wildman–Crippen MR) is 125 cm³/mol. The third-order valence-corrected chi connectivity index (χ3v) is 5.52. The van der Waals surface area contributed by atoms with Crippen LogP contribution in [0.3, 0.4) is 0 Å². The lowest BCUT2D eigenvalue weighted by Crippen LogP contribution is -2.40. The van der Waals surface area contributed by atoms with Crippen LogP contribution in [0.4, 0.5) is 11.4 Å². The molecule has 0 aliphatic heterocycles. The number of fused-ring (bicyclic) bond motifs is 1. The first-order chi connectivity index (χ1) is 15.9. The lowest BCUT2D eigenvalue weighted by molar-refractivity contribution is -0.383. The van der Waals surface area contributed by atoms with Gasteiger partial charge in [-0.2, -0.15) is 0 Å². The topological polar surface area (TPSA) is 150 Å². The summed E-state index contributed by atoms with van der Waals surface area (Å²) in [5.41, 5.74) is 7.67. The molecule has 3 rings (SSSR count). The van der Waals surface area contributed by atoms with Crippen LogP contribution >= 0.6 is 0 Å². The number of aryl methyl sites for hydroxylation is 1. The fraction of sp³-hybridized carbons (Fsp3) is 0.478.